The van der Waals surface area contributed by atoms with Gasteiger partial charge >= 0.3 is 0 Å². The third kappa shape index (κ3) is 3.64. The molecule has 6 heteroatoms. The SMILES string of the molecule is CN(C)C/C=C/C(=O)N1CCCC(c2ccc3cnn(C)c3n2)C1. The summed E-state index contributed by atoms with van der Waals surface area (Å²) in [6, 6.07) is 4.15. The molecule has 1 amide bonds. The largest absolute Gasteiger partial charge is 0.339 e. The van der Waals surface area contributed by atoms with Crippen LogP contribution in [0.3, 0.4) is 0 Å². The molecule has 0 N–H and O–H groups in total. The van der Waals surface area contributed by atoms with Gasteiger partial charge in [-0.3, -0.25) is 9.48 Å². The first-order valence-corrected chi connectivity index (χ1v) is 8.43. The van der Waals surface area contributed by atoms with Gasteiger partial charge in [0.05, 0.1) is 6.20 Å². The first-order chi connectivity index (χ1) is 11.5. The molecule has 1 fully saturated rings. The predicted octanol–water partition coefficient (Wildman–Crippen LogP) is 1.79. The highest BCUT2D eigenvalue weighted by atomic mass is 16.2. The second-order valence-corrected chi connectivity index (χ2v) is 6.71. The number of piperidine rings is 1. The molecule has 2 aromatic rings. The topological polar surface area (TPSA) is 54.3 Å². The van der Waals surface area contributed by atoms with Gasteiger partial charge in [-0.05, 0) is 39.1 Å². The van der Waals surface area contributed by atoms with Crippen molar-refractivity contribution in [1.82, 2.24) is 24.6 Å². The minimum Gasteiger partial charge on any atom is -0.339 e. The van der Waals surface area contributed by atoms with Crippen LogP contribution in [0.4, 0.5) is 0 Å². The summed E-state index contributed by atoms with van der Waals surface area (Å²) in [5.74, 6) is 0.396. The Morgan fingerprint density at radius 3 is 3.04 bits per heavy atom. The van der Waals surface area contributed by atoms with Gasteiger partial charge in [0.15, 0.2) is 5.65 Å². The van der Waals surface area contributed by atoms with Crippen LogP contribution in [0.2, 0.25) is 0 Å². The van der Waals surface area contributed by atoms with E-state index in [1.54, 1.807) is 10.8 Å². The van der Waals surface area contributed by atoms with E-state index in [-0.39, 0.29) is 5.91 Å². The zero-order valence-corrected chi connectivity index (χ0v) is 14.6. The van der Waals surface area contributed by atoms with E-state index in [1.165, 1.54) is 0 Å². The molecule has 6 nitrogen and oxygen atoms in total. The molecular formula is C18H25N5O. The molecule has 1 aliphatic heterocycles. The number of aryl methyl sites for hydroxylation is 1. The standard InChI is InChI=1S/C18H25N5O/c1-21(2)10-5-7-17(24)23-11-4-6-15(13-23)16-9-8-14-12-19-22(3)18(14)20-16/h5,7-9,12,15H,4,6,10-11,13H2,1-3H3/b7-5+. The van der Waals surface area contributed by atoms with Crippen molar-refractivity contribution in [3.8, 4) is 0 Å². The van der Waals surface area contributed by atoms with E-state index < -0.39 is 0 Å². The monoisotopic (exact) mass is 327 g/mol. The molecule has 1 saturated heterocycles. The van der Waals surface area contributed by atoms with Crippen LogP contribution in [0.15, 0.2) is 30.5 Å². The van der Waals surface area contributed by atoms with Crippen LogP contribution >= 0.6 is 0 Å². The summed E-state index contributed by atoms with van der Waals surface area (Å²) in [7, 11) is 5.89. The molecule has 1 atom stereocenters. The first kappa shape index (κ1) is 16.6. The quantitative estimate of drug-likeness (QED) is 0.804. The number of rotatable bonds is 4. The van der Waals surface area contributed by atoms with E-state index >= 15 is 0 Å². The third-order valence-corrected chi connectivity index (χ3v) is 4.49. The summed E-state index contributed by atoms with van der Waals surface area (Å²) in [6.07, 6.45) is 7.54. The summed E-state index contributed by atoms with van der Waals surface area (Å²) < 4.78 is 1.80. The normalized spacial score (nSPS) is 18.8. The van der Waals surface area contributed by atoms with E-state index in [0.29, 0.717) is 5.92 Å². The summed E-state index contributed by atoms with van der Waals surface area (Å²) in [4.78, 5) is 21.1. The average Bonchev–Trinajstić information content (AvgIpc) is 2.95. The van der Waals surface area contributed by atoms with E-state index in [4.69, 9.17) is 4.98 Å². The van der Waals surface area contributed by atoms with Crippen molar-refractivity contribution < 1.29 is 4.79 Å². The van der Waals surface area contributed by atoms with Crippen molar-refractivity contribution in [3.05, 3.63) is 36.2 Å². The number of hydrogen-bond acceptors (Lipinski definition) is 4. The van der Waals surface area contributed by atoms with Crippen LogP contribution in [-0.4, -0.2) is 64.2 Å². The van der Waals surface area contributed by atoms with Gasteiger partial charge in [-0.2, -0.15) is 5.10 Å². The van der Waals surface area contributed by atoms with Crippen LogP contribution in [0.1, 0.15) is 24.5 Å². The van der Waals surface area contributed by atoms with Crippen molar-refractivity contribution in [1.29, 1.82) is 0 Å². The number of carbonyl (C=O) groups is 1. The fourth-order valence-corrected chi connectivity index (χ4v) is 3.15. The maximum Gasteiger partial charge on any atom is 0.246 e. The second-order valence-electron chi connectivity index (χ2n) is 6.71. The Balaban J connectivity index is 1.71. The van der Waals surface area contributed by atoms with E-state index in [2.05, 4.69) is 17.2 Å². The van der Waals surface area contributed by atoms with E-state index in [0.717, 1.165) is 49.2 Å². The highest BCUT2D eigenvalue weighted by molar-refractivity contribution is 5.87. The average molecular weight is 327 g/mol. The summed E-state index contributed by atoms with van der Waals surface area (Å²) in [5.41, 5.74) is 1.96. The zero-order chi connectivity index (χ0) is 17.1. The van der Waals surface area contributed by atoms with Crippen LogP contribution in [0, 0.1) is 0 Å². The summed E-state index contributed by atoms with van der Waals surface area (Å²) in [5, 5.41) is 5.30. The number of amides is 1. The van der Waals surface area contributed by atoms with Gasteiger partial charge < -0.3 is 9.80 Å². The smallest absolute Gasteiger partial charge is 0.246 e. The van der Waals surface area contributed by atoms with Crippen LogP contribution in [0.25, 0.3) is 11.0 Å². The molecule has 128 valence electrons. The summed E-state index contributed by atoms with van der Waals surface area (Å²) >= 11 is 0. The molecule has 0 radical (unpaired) electrons. The van der Waals surface area contributed by atoms with Gasteiger partial charge in [-0.15, -0.1) is 0 Å². The third-order valence-electron chi connectivity index (χ3n) is 4.49. The molecule has 24 heavy (non-hydrogen) atoms. The lowest BCUT2D eigenvalue weighted by Crippen LogP contribution is -2.38. The maximum atomic E-state index is 12.4. The Morgan fingerprint density at radius 1 is 1.42 bits per heavy atom. The Hall–Kier alpha value is -2.21. The molecule has 0 spiro atoms. The van der Waals surface area contributed by atoms with Gasteiger partial charge in [0.25, 0.3) is 0 Å². The Kier molecular flexibility index (Phi) is 4.94. The van der Waals surface area contributed by atoms with Crippen LogP contribution in [-0.2, 0) is 11.8 Å². The van der Waals surface area contributed by atoms with Crippen molar-refractivity contribution in [2.75, 3.05) is 33.7 Å². The van der Waals surface area contributed by atoms with Gasteiger partial charge in [-0.25, -0.2) is 4.98 Å². The second kappa shape index (κ2) is 7.13. The molecule has 0 saturated carbocycles. The van der Waals surface area contributed by atoms with E-state index in [9.17, 15) is 4.79 Å². The molecule has 3 heterocycles. The zero-order valence-electron chi connectivity index (χ0n) is 14.6. The molecule has 1 aliphatic rings. The van der Waals surface area contributed by atoms with Gasteiger partial charge in [-0.1, -0.05) is 6.08 Å². The minimum atomic E-state index is 0.100. The fourth-order valence-electron chi connectivity index (χ4n) is 3.15. The number of nitrogens with zero attached hydrogens (tertiary/aromatic N) is 5. The highest BCUT2D eigenvalue weighted by Gasteiger charge is 2.24. The number of likely N-dealkylation sites (N-methyl/N-ethyl adjacent to an activating group) is 1. The van der Waals surface area contributed by atoms with Gasteiger partial charge in [0.1, 0.15) is 0 Å². The first-order valence-electron chi connectivity index (χ1n) is 8.43. The molecule has 1 unspecified atom stereocenters. The molecule has 0 aromatic carbocycles. The lowest BCUT2D eigenvalue weighted by Gasteiger charge is -2.32. The minimum absolute atomic E-state index is 0.100. The van der Waals surface area contributed by atoms with Crippen LogP contribution in [0.5, 0.6) is 0 Å². The number of hydrogen-bond donors (Lipinski definition) is 0. The lowest BCUT2D eigenvalue weighted by molar-refractivity contribution is -0.127. The highest BCUT2D eigenvalue weighted by Crippen LogP contribution is 2.27. The Bertz CT molecular complexity index is 749. The molecule has 0 aliphatic carbocycles. The maximum absolute atomic E-state index is 12.4. The molecule has 2 aromatic heterocycles. The Labute approximate surface area is 142 Å². The Morgan fingerprint density at radius 2 is 2.25 bits per heavy atom. The number of pyridine rings is 1. The van der Waals surface area contributed by atoms with Crippen molar-refractivity contribution in [2.45, 2.75) is 18.8 Å². The summed E-state index contributed by atoms with van der Waals surface area (Å²) in [6.45, 7) is 2.35. The van der Waals surface area contributed by atoms with Gasteiger partial charge in [0.2, 0.25) is 5.91 Å². The number of likely N-dealkylation sites (tertiary alicyclic amines) is 1. The fraction of sp³-hybridized carbons (Fsp3) is 0.500. The van der Waals surface area contributed by atoms with E-state index in [1.807, 2.05) is 43.2 Å². The van der Waals surface area contributed by atoms with Crippen molar-refractivity contribution in [3.63, 3.8) is 0 Å². The predicted molar refractivity (Wildman–Crippen MR) is 94.8 cm³/mol. The number of aromatic nitrogens is 3. The molecular weight excluding hydrogens is 302 g/mol. The lowest BCUT2D eigenvalue weighted by atomic mass is 9.94. The molecule has 3 rings (SSSR count). The molecule has 0 bridgehead atoms. The van der Waals surface area contributed by atoms with Crippen LogP contribution < -0.4 is 0 Å². The van der Waals surface area contributed by atoms with Crippen molar-refractivity contribution in [2.24, 2.45) is 7.05 Å². The van der Waals surface area contributed by atoms with Gasteiger partial charge in [0, 0.05) is 49.8 Å². The number of carbonyl (C=O) groups excluding carboxylic acids is 1. The number of fused-ring (bicyclic) bond motifs is 1. The van der Waals surface area contributed by atoms with Crippen molar-refractivity contribution >= 4 is 16.9 Å².